The summed E-state index contributed by atoms with van der Waals surface area (Å²) in [4.78, 5) is 18.6. The average Bonchev–Trinajstić information content (AvgIpc) is 3.47. The number of fused-ring (bicyclic) bond motifs is 1. The van der Waals surface area contributed by atoms with E-state index in [-0.39, 0.29) is 17.1 Å². The molecule has 4 aromatic rings. The number of methoxy groups -OCH3 is 1. The molecule has 0 spiro atoms. The van der Waals surface area contributed by atoms with Crippen LogP contribution in [-0.2, 0) is 14.6 Å². The summed E-state index contributed by atoms with van der Waals surface area (Å²) in [6, 6.07) is 17.3. The van der Waals surface area contributed by atoms with Gasteiger partial charge in [-0.15, -0.1) is 11.3 Å². The second kappa shape index (κ2) is 9.60. The quantitative estimate of drug-likeness (QED) is 0.269. The molecule has 0 N–H and O–H groups in total. The third kappa shape index (κ3) is 5.04. The van der Waals surface area contributed by atoms with Crippen molar-refractivity contribution < 1.29 is 17.9 Å². The SMILES string of the molecule is COc1ccc2nc(N(/N=C/c3cccs3)C(=O)CCS(=O)(=O)c3ccccc3)sc2c1. The zero-order chi connectivity index (χ0) is 22.6. The van der Waals surface area contributed by atoms with E-state index in [9.17, 15) is 13.2 Å². The van der Waals surface area contributed by atoms with Gasteiger partial charge in [0.2, 0.25) is 5.13 Å². The zero-order valence-electron chi connectivity index (χ0n) is 17.0. The van der Waals surface area contributed by atoms with Gasteiger partial charge in [0, 0.05) is 11.3 Å². The Balaban J connectivity index is 1.61. The smallest absolute Gasteiger partial charge is 0.250 e. The topological polar surface area (TPSA) is 88.9 Å². The first-order valence-corrected chi connectivity index (χ1v) is 12.9. The number of hydrazone groups is 1. The lowest BCUT2D eigenvalue weighted by molar-refractivity contribution is -0.118. The molecule has 2 aromatic heterocycles. The van der Waals surface area contributed by atoms with E-state index < -0.39 is 15.7 Å². The molecule has 10 heteroatoms. The van der Waals surface area contributed by atoms with E-state index in [1.54, 1.807) is 43.7 Å². The minimum atomic E-state index is -3.59. The van der Waals surface area contributed by atoms with Crippen LogP contribution in [0.1, 0.15) is 11.3 Å². The van der Waals surface area contributed by atoms with Crippen LogP contribution in [-0.4, -0.2) is 38.4 Å². The van der Waals surface area contributed by atoms with Gasteiger partial charge in [-0.05, 0) is 41.8 Å². The van der Waals surface area contributed by atoms with Crippen LogP contribution in [0.4, 0.5) is 5.13 Å². The van der Waals surface area contributed by atoms with Crippen molar-refractivity contribution in [1.29, 1.82) is 0 Å². The van der Waals surface area contributed by atoms with Crippen LogP contribution >= 0.6 is 22.7 Å². The Labute approximate surface area is 193 Å². The number of anilines is 1. The maximum absolute atomic E-state index is 13.1. The third-order valence-corrected chi connectivity index (χ3v) is 8.06. The first kappa shape index (κ1) is 22.1. The van der Waals surface area contributed by atoms with Gasteiger partial charge >= 0.3 is 0 Å². The monoisotopic (exact) mass is 485 g/mol. The lowest BCUT2D eigenvalue weighted by Gasteiger charge is -2.13. The summed E-state index contributed by atoms with van der Waals surface area (Å²) in [6.45, 7) is 0. The van der Waals surface area contributed by atoms with Crippen LogP contribution in [0.25, 0.3) is 10.2 Å². The fourth-order valence-electron chi connectivity index (χ4n) is 2.88. The molecule has 0 fully saturated rings. The molecule has 1 amide bonds. The van der Waals surface area contributed by atoms with Gasteiger partial charge in [0.05, 0.1) is 34.2 Å². The number of carbonyl (C=O) groups excluding carboxylic acids is 1. The van der Waals surface area contributed by atoms with Crippen LogP contribution in [0.3, 0.4) is 0 Å². The molecule has 0 saturated carbocycles. The second-order valence-electron chi connectivity index (χ2n) is 6.68. The summed E-state index contributed by atoms with van der Waals surface area (Å²) in [5.41, 5.74) is 0.701. The number of sulfone groups is 1. The molecular formula is C22H19N3O4S3. The highest BCUT2D eigenvalue weighted by Crippen LogP contribution is 2.32. The number of carbonyl (C=O) groups is 1. The molecule has 4 rings (SSSR count). The number of nitrogens with zero attached hydrogens (tertiary/aromatic N) is 3. The molecule has 0 aliphatic carbocycles. The third-order valence-electron chi connectivity index (χ3n) is 4.53. The van der Waals surface area contributed by atoms with E-state index in [0.717, 1.165) is 9.58 Å². The van der Waals surface area contributed by atoms with Crippen LogP contribution in [0.2, 0.25) is 0 Å². The predicted octanol–water partition coefficient (Wildman–Crippen LogP) is 4.60. The van der Waals surface area contributed by atoms with Crippen molar-refractivity contribution in [2.45, 2.75) is 11.3 Å². The van der Waals surface area contributed by atoms with E-state index in [4.69, 9.17) is 4.74 Å². The number of hydrogen-bond acceptors (Lipinski definition) is 8. The van der Waals surface area contributed by atoms with Crippen molar-refractivity contribution in [2.24, 2.45) is 5.10 Å². The van der Waals surface area contributed by atoms with Crippen LogP contribution < -0.4 is 9.75 Å². The lowest BCUT2D eigenvalue weighted by Crippen LogP contribution is -2.27. The molecule has 164 valence electrons. The van der Waals surface area contributed by atoms with Crippen molar-refractivity contribution in [3.8, 4) is 5.75 Å². The van der Waals surface area contributed by atoms with Crippen molar-refractivity contribution in [1.82, 2.24) is 4.98 Å². The van der Waals surface area contributed by atoms with Gasteiger partial charge in [0.1, 0.15) is 5.75 Å². The molecule has 0 unspecified atom stereocenters. The first-order valence-electron chi connectivity index (χ1n) is 9.59. The molecule has 0 aliphatic rings. The lowest BCUT2D eigenvalue weighted by atomic mass is 10.3. The van der Waals surface area contributed by atoms with E-state index in [1.807, 2.05) is 23.6 Å². The first-order chi connectivity index (χ1) is 15.5. The Hall–Kier alpha value is -3.08. The molecule has 7 nitrogen and oxygen atoms in total. The number of benzene rings is 2. The Morgan fingerprint density at radius 1 is 1.16 bits per heavy atom. The maximum Gasteiger partial charge on any atom is 0.250 e. The van der Waals surface area contributed by atoms with E-state index in [2.05, 4.69) is 10.1 Å². The van der Waals surface area contributed by atoms with Crippen LogP contribution in [0, 0.1) is 0 Å². The van der Waals surface area contributed by atoms with Gasteiger partial charge in [-0.25, -0.2) is 13.4 Å². The van der Waals surface area contributed by atoms with Crippen LogP contribution in [0.15, 0.2) is 76.0 Å². The Morgan fingerprint density at radius 2 is 1.97 bits per heavy atom. The van der Waals surface area contributed by atoms with Crippen molar-refractivity contribution >= 4 is 60.0 Å². The fraction of sp³-hybridized carbons (Fsp3) is 0.136. The van der Waals surface area contributed by atoms with Gasteiger partial charge in [0.15, 0.2) is 9.84 Å². The van der Waals surface area contributed by atoms with Crippen LogP contribution in [0.5, 0.6) is 5.75 Å². The number of ether oxygens (including phenoxy) is 1. The summed E-state index contributed by atoms with van der Waals surface area (Å²) in [7, 11) is -2.01. The van der Waals surface area contributed by atoms with Gasteiger partial charge < -0.3 is 4.74 Å². The molecule has 32 heavy (non-hydrogen) atoms. The Morgan fingerprint density at radius 3 is 2.69 bits per heavy atom. The minimum Gasteiger partial charge on any atom is -0.497 e. The van der Waals surface area contributed by atoms with Crippen molar-refractivity contribution in [3.05, 3.63) is 70.9 Å². The van der Waals surface area contributed by atoms with Gasteiger partial charge in [0.25, 0.3) is 5.91 Å². The van der Waals surface area contributed by atoms with Gasteiger partial charge in [-0.2, -0.15) is 10.1 Å². The number of amides is 1. The highest BCUT2D eigenvalue weighted by molar-refractivity contribution is 7.91. The van der Waals surface area contributed by atoms with E-state index >= 15 is 0 Å². The summed E-state index contributed by atoms with van der Waals surface area (Å²) in [5.74, 6) is -0.0930. The molecule has 0 bridgehead atoms. The second-order valence-corrected chi connectivity index (χ2v) is 10.8. The number of aromatic nitrogens is 1. The number of thiophene rings is 1. The molecule has 2 aromatic carbocycles. The zero-order valence-corrected chi connectivity index (χ0v) is 19.5. The molecule has 0 atom stereocenters. The predicted molar refractivity (Wildman–Crippen MR) is 129 cm³/mol. The van der Waals surface area contributed by atoms with Crippen molar-refractivity contribution in [2.75, 3.05) is 17.9 Å². The standard InChI is InChI=1S/C22H19N3O4S3/c1-29-16-9-10-19-20(14-16)31-22(24-19)25(23-15-17-6-5-12-30-17)21(26)11-13-32(27,28)18-7-3-2-4-8-18/h2-10,12,14-15H,11,13H2,1H3/b23-15+. The number of hydrogen-bond donors (Lipinski definition) is 0. The van der Waals surface area contributed by atoms with E-state index in [1.165, 1.54) is 39.8 Å². The van der Waals surface area contributed by atoms with Gasteiger partial charge in [-0.3, -0.25) is 4.79 Å². The highest BCUT2D eigenvalue weighted by atomic mass is 32.2. The largest absolute Gasteiger partial charge is 0.497 e. The fourth-order valence-corrected chi connectivity index (χ4v) is 5.68. The number of thiazole rings is 1. The number of rotatable bonds is 8. The highest BCUT2D eigenvalue weighted by Gasteiger charge is 2.23. The normalized spacial score (nSPS) is 11.8. The van der Waals surface area contributed by atoms with Gasteiger partial charge in [-0.1, -0.05) is 35.6 Å². The molecule has 2 heterocycles. The molecule has 0 aliphatic heterocycles. The molecule has 0 radical (unpaired) electrons. The summed E-state index contributed by atoms with van der Waals surface area (Å²) in [6.07, 6.45) is 1.35. The summed E-state index contributed by atoms with van der Waals surface area (Å²) < 4.78 is 31.3. The Bertz CT molecular complexity index is 1350. The average molecular weight is 486 g/mol. The summed E-state index contributed by atoms with van der Waals surface area (Å²) in [5, 5.41) is 7.79. The molecular weight excluding hydrogens is 466 g/mol. The minimum absolute atomic E-state index is 0.188. The maximum atomic E-state index is 13.1. The Kier molecular flexibility index (Phi) is 6.63. The van der Waals surface area contributed by atoms with E-state index in [0.29, 0.717) is 16.4 Å². The summed E-state index contributed by atoms with van der Waals surface area (Å²) >= 11 is 2.76. The van der Waals surface area contributed by atoms with Crippen molar-refractivity contribution in [3.63, 3.8) is 0 Å². The molecule has 0 saturated heterocycles.